The summed E-state index contributed by atoms with van der Waals surface area (Å²) in [4.78, 5) is 18.7. The lowest BCUT2D eigenvalue weighted by Gasteiger charge is -2.32. The second-order valence-corrected chi connectivity index (χ2v) is 9.24. The Morgan fingerprint density at radius 2 is 1.97 bits per heavy atom. The lowest BCUT2D eigenvalue weighted by atomic mass is 9.92. The number of ether oxygens (including phenoxy) is 2. The predicted octanol–water partition coefficient (Wildman–Crippen LogP) is 4.75. The fraction of sp³-hybridized carbons (Fsp3) is 0.609. The molecular formula is C23H31N3O4. The van der Waals surface area contributed by atoms with E-state index in [1.54, 1.807) is 4.90 Å². The van der Waals surface area contributed by atoms with Gasteiger partial charge in [0.2, 0.25) is 11.7 Å². The summed E-state index contributed by atoms with van der Waals surface area (Å²) in [6.07, 6.45) is 3.58. The van der Waals surface area contributed by atoms with E-state index in [1.165, 1.54) is 5.56 Å². The van der Waals surface area contributed by atoms with E-state index in [-0.39, 0.29) is 12.0 Å². The van der Waals surface area contributed by atoms with Gasteiger partial charge in [-0.25, -0.2) is 4.79 Å². The standard InChI is InChI=1S/C23H31N3O4/c1-23(2,3)29-22(27)26-11-9-16(10-12-26)21-24-20(25-30-21)18-7-4-6-17(14-18)19-8-5-13-28-15-19/h4,6-7,14,16,19H,5,8-13,15H2,1-3H3. The molecule has 1 unspecified atom stereocenters. The Hall–Kier alpha value is -2.41. The van der Waals surface area contributed by atoms with Crippen LogP contribution in [0.25, 0.3) is 11.4 Å². The van der Waals surface area contributed by atoms with Crippen molar-refractivity contribution in [2.75, 3.05) is 26.3 Å². The number of aromatic nitrogens is 2. The Morgan fingerprint density at radius 3 is 2.67 bits per heavy atom. The second kappa shape index (κ2) is 8.76. The van der Waals surface area contributed by atoms with Crippen molar-refractivity contribution in [1.82, 2.24) is 15.0 Å². The molecule has 1 aromatic heterocycles. The molecular weight excluding hydrogens is 382 g/mol. The fourth-order valence-electron chi connectivity index (χ4n) is 4.09. The Labute approximate surface area is 177 Å². The molecule has 162 valence electrons. The SMILES string of the molecule is CC(C)(C)OC(=O)N1CCC(c2nc(-c3cccc(C4CCCOC4)c3)no2)CC1. The van der Waals surface area contributed by atoms with E-state index >= 15 is 0 Å². The highest BCUT2D eigenvalue weighted by molar-refractivity contribution is 5.68. The zero-order valence-corrected chi connectivity index (χ0v) is 18.1. The first-order valence-corrected chi connectivity index (χ1v) is 10.9. The molecule has 3 heterocycles. The number of benzene rings is 1. The van der Waals surface area contributed by atoms with Crippen molar-refractivity contribution in [3.05, 3.63) is 35.7 Å². The first-order chi connectivity index (χ1) is 14.4. The first kappa shape index (κ1) is 20.8. The molecule has 0 aliphatic carbocycles. The molecule has 30 heavy (non-hydrogen) atoms. The number of rotatable bonds is 3. The first-order valence-electron chi connectivity index (χ1n) is 10.9. The molecule has 4 rings (SSSR count). The summed E-state index contributed by atoms with van der Waals surface area (Å²) in [5.41, 5.74) is 1.76. The molecule has 2 aliphatic rings. The zero-order chi connectivity index (χ0) is 21.1. The Balaban J connectivity index is 1.39. The quantitative estimate of drug-likeness (QED) is 0.723. The van der Waals surface area contributed by atoms with E-state index in [2.05, 4.69) is 28.3 Å². The van der Waals surface area contributed by atoms with Gasteiger partial charge in [0, 0.05) is 37.1 Å². The maximum atomic E-state index is 12.3. The largest absolute Gasteiger partial charge is 0.444 e. The van der Waals surface area contributed by atoms with Crippen LogP contribution in [0.5, 0.6) is 0 Å². The van der Waals surface area contributed by atoms with Crippen LogP contribution in [0, 0.1) is 0 Å². The third-order valence-corrected chi connectivity index (χ3v) is 5.71. The van der Waals surface area contributed by atoms with Crippen molar-refractivity contribution >= 4 is 6.09 Å². The highest BCUT2D eigenvalue weighted by atomic mass is 16.6. The molecule has 1 amide bonds. The highest BCUT2D eigenvalue weighted by Crippen LogP contribution is 2.31. The van der Waals surface area contributed by atoms with Gasteiger partial charge in [-0.05, 0) is 58.1 Å². The van der Waals surface area contributed by atoms with Gasteiger partial charge >= 0.3 is 6.09 Å². The minimum absolute atomic E-state index is 0.167. The van der Waals surface area contributed by atoms with Crippen LogP contribution in [0.4, 0.5) is 4.79 Å². The maximum absolute atomic E-state index is 12.3. The van der Waals surface area contributed by atoms with Crippen molar-refractivity contribution in [1.29, 1.82) is 0 Å². The molecule has 1 atom stereocenters. The molecule has 2 fully saturated rings. The number of hydrogen-bond acceptors (Lipinski definition) is 6. The van der Waals surface area contributed by atoms with Crippen molar-refractivity contribution in [3.8, 4) is 11.4 Å². The molecule has 0 saturated carbocycles. The van der Waals surface area contributed by atoms with Gasteiger partial charge in [0.1, 0.15) is 5.60 Å². The van der Waals surface area contributed by atoms with Gasteiger partial charge in [0.05, 0.1) is 6.61 Å². The van der Waals surface area contributed by atoms with Crippen molar-refractivity contribution < 1.29 is 18.8 Å². The van der Waals surface area contributed by atoms with E-state index in [0.717, 1.165) is 44.5 Å². The molecule has 2 aliphatic heterocycles. The van der Waals surface area contributed by atoms with E-state index in [9.17, 15) is 4.79 Å². The molecule has 7 heteroatoms. The molecule has 0 spiro atoms. The third kappa shape index (κ3) is 5.01. The van der Waals surface area contributed by atoms with Crippen LogP contribution < -0.4 is 0 Å². The van der Waals surface area contributed by atoms with E-state index < -0.39 is 5.60 Å². The number of amides is 1. The number of hydrogen-bond donors (Lipinski definition) is 0. The number of nitrogens with zero attached hydrogens (tertiary/aromatic N) is 3. The number of carbonyl (C=O) groups excluding carboxylic acids is 1. The van der Waals surface area contributed by atoms with Gasteiger partial charge in [-0.1, -0.05) is 23.4 Å². The molecule has 1 aromatic carbocycles. The molecule has 0 radical (unpaired) electrons. The van der Waals surface area contributed by atoms with Crippen LogP contribution in [0.3, 0.4) is 0 Å². The van der Waals surface area contributed by atoms with Crippen LogP contribution in [0.2, 0.25) is 0 Å². The average molecular weight is 414 g/mol. The van der Waals surface area contributed by atoms with E-state index in [0.29, 0.717) is 30.7 Å². The topological polar surface area (TPSA) is 77.7 Å². The van der Waals surface area contributed by atoms with Gasteiger partial charge in [0.25, 0.3) is 0 Å². The fourth-order valence-corrected chi connectivity index (χ4v) is 4.09. The molecule has 7 nitrogen and oxygen atoms in total. The van der Waals surface area contributed by atoms with Gasteiger partial charge in [-0.15, -0.1) is 0 Å². The molecule has 2 aromatic rings. The van der Waals surface area contributed by atoms with Crippen molar-refractivity contribution in [2.45, 2.75) is 63.9 Å². The maximum Gasteiger partial charge on any atom is 0.410 e. The van der Waals surface area contributed by atoms with Gasteiger partial charge in [-0.2, -0.15) is 4.98 Å². The van der Waals surface area contributed by atoms with E-state index in [4.69, 9.17) is 14.0 Å². The normalized spacial score (nSPS) is 20.9. The number of piperidine rings is 1. The van der Waals surface area contributed by atoms with E-state index in [1.807, 2.05) is 26.8 Å². The van der Waals surface area contributed by atoms with Crippen LogP contribution in [-0.4, -0.2) is 53.0 Å². The lowest BCUT2D eigenvalue weighted by molar-refractivity contribution is 0.0198. The Kier molecular flexibility index (Phi) is 6.09. The van der Waals surface area contributed by atoms with Crippen molar-refractivity contribution in [3.63, 3.8) is 0 Å². The van der Waals surface area contributed by atoms with Gasteiger partial charge in [-0.3, -0.25) is 0 Å². The Bertz CT molecular complexity index is 859. The summed E-state index contributed by atoms with van der Waals surface area (Å²) in [6, 6.07) is 8.37. The summed E-state index contributed by atoms with van der Waals surface area (Å²) in [6.45, 7) is 8.55. The Morgan fingerprint density at radius 1 is 1.17 bits per heavy atom. The smallest absolute Gasteiger partial charge is 0.410 e. The summed E-state index contributed by atoms with van der Waals surface area (Å²) >= 11 is 0. The second-order valence-electron chi connectivity index (χ2n) is 9.24. The minimum atomic E-state index is -0.479. The predicted molar refractivity (Wildman–Crippen MR) is 112 cm³/mol. The number of carbonyl (C=O) groups is 1. The van der Waals surface area contributed by atoms with Crippen LogP contribution >= 0.6 is 0 Å². The molecule has 0 bridgehead atoms. The van der Waals surface area contributed by atoms with Crippen LogP contribution in [-0.2, 0) is 9.47 Å². The summed E-state index contributed by atoms with van der Waals surface area (Å²) in [5.74, 6) is 1.88. The summed E-state index contributed by atoms with van der Waals surface area (Å²) in [5, 5.41) is 4.23. The minimum Gasteiger partial charge on any atom is -0.444 e. The summed E-state index contributed by atoms with van der Waals surface area (Å²) < 4.78 is 16.7. The highest BCUT2D eigenvalue weighted by Gasteiger charge is 2.30. The van der Waals surface area contributed by atoms with Crippen molar-refractivity contribution in [2.24, 2.45) is 0 Å². The van der Waals surface area contributed by atoms with Crippen LogP contribution in [0.1, 0.15) is 69.7 Å². The number of likely N-dealkylation sites (tertiary alicyclic amines) is 1. The third-order valence-electron chi connectivity index (χ3n) is 5.71. The zero-order valence-electron chi connectivity index (χ0n) is 18.1. The molecule has 2 saturated heterocycles. The van der Waals surface area contributed by atoms with Gasteiger partial charge in [0.15, 0.2) is 0 Å². The summed E-state index contributed by atoms with van der Waals surface area (Å²) in [7, 11) is 0. The van der Waals surface area contributed by atoms with Crippen LogP contribution in [0.15, 0.2) is 28.8 Å². The average Bonchev–Trinajstić information content (AvgIpc) is 3.24. The molecule has 0 N–H and O–H groups in total. The van der Waals surface area contributed by atoms with Gasteiger partial charge < -0.3 is 18.9 Å². The monoisotopic (exact) mass is 413 g/mol. The lowest BCUT2D eigenvalue weighted by Crippen LogP contribution is -2.41.